The van der Waals surface area contributed by atoms with E-state index in [1.165, 1.54) is 10.4 Å². The van der Waals surface area contributed by atoms with Gasteiger partial charge >= 0.3 is 0 Å². The van der Waals surface area contributed by atoms with Gasteiger partial charge < -0.3 is 5.32 Å². The van der Waals surface area contributed by atoms with Crippen molar-refractivity contribution >= 4 is 11.3 Å². The lowest BCUT2D eigenvalue weighted by Crippen LogP contribution is -2.13. The van der Waals surface area contributed by atoms with Gasteiger partial charge in [0.1, 0.15) is 6.04 Å². The second-order valence-electron chi connectivity index (χ2n) is 2.36. The molecule has 1 unspecified atom stereocenters. The Bertz CT molecular complexity index is 269. The van der Waals surface area contributed by atoms with E-state index in [0.29, 0.717) is 0 Å². The highest BCUT2D eigenvalue weighted by Crippen LogP contribution is 2.22. The van der Waals surface area contributed by atoms with E-state index in [4.69, 9.17) is 6.42 Å². The fourth-order valence-electron chi connectivity index (χ4n) is 0.970. The number of nitrogens with one attached hydrogen (secondary N) is 1. The third-order valence-corrected chi connectivity index (χ3v) is 2.70. The summed E-state index contributed by atoms with van der Waals surface area (Å²) in [4.78, 5) is 1.25. The Balaban J connectivity index is 2.92. The van der Waals surface area contributed by atoms with E-state index in [1.807, 2.05) is 7.05 Å². The molecule has 0 bridgehead atoms. The van der Waals surface area contributed by atoms with Crippen LogP contribution in [-0.4, -0.2) is 7.05 Å². The predicted molar refractivity (Wildman–Crippen MR) is 49.7 cm³/mol. The second kappa shape index (κ2) is 3.56. The lowest BCUT2D eigenvalue weighted by molar-refractivity contribution is 0.745. The average molecular weight is 165 g/mol. The van der Waals surface area contributed by atoms with E-state index in [1.54, 1.807) is 11.3 Å². The molecule has 1 rings (SSSR count). The summed E-state index contributed by atoms with van der Waals surface area (Å²) in [6, 6.07) is 2.16. The average Bonchev–Trinajstić information content (AvgIpc) is 2.40. The molecule has 0 aliphatic rings. The first-order valence-electron chi connectivity index (χ1n) is 3.47. The van der Waals surface area contributed by atoms with Gasteiger partial charge in [-0.05, 0) is 31.0 Å². The fourth-order valence-corrected chi connectivity index (χ4v) is 1.96. The van der Waals surface area contributed by atoms with Gasteiger partial charge in [0, 0.05) is 4.88 Å². The Hall–Kier alpha value is -0.780. The normalized spacial score (nSPS) is 12.5. The molecule has 2 heteroatoms. The molecule has 0 aromatic carbocycles. The molecule has 0 radical (unpaired) electrons. The minimum Gasteiger partial charge on any atom is -0.302 e. The zero-order chi connectivity index (χ0) is 8.27. The first kappa shape index (κ1) is 8.32. The monoisotopic (exact) mass is 165 g/mol. The van der Waals surface area contributed by atoms with Crippen molar-refractivity contribution < 1.29 is 0 Å². The Morgan fingerprint density at radius 2 is 2.45 bits per heavy atom. The molecular formula is C9H11NS. The van der Waals surface area contributed by atoms with Crippen molar-refractivity contribution in [3.05, 3.63) is 21.9 Å². The molecule has 0 aliphatic carbocycles. The number of rotatable bonds is 2. The van der Waals surface area contributed by atoms with Crippen LogP contribution in [0.4, 0.5) is 0 Å². The van der Waals surface area contributed by atoms with Crippen molar-refractivity contribution in [2.45, 2.75) is 13.0 Å². The Morgan fingerprint density at radius 3 is 2.82 bits per heavy atom. The van der Waals surface area contributed by atoms with E-state index < -0.39 is 0 Å². The predicted octanol–water partition coefficient (Wildman–Crippen LogP) is 1.95. The molecule has 0 saturated heterocycles. The van der Waals surface area contributed by atoms with E-state index in [-0.39, 0.29) is 6.04 Å². The maximum Gasteiger partial charge on any atom is 0.104 e. The molecule has 1 atom stereocenters. The van der Waals surface area contributed by atoms with Crippen LogP contribution in [-0.2, 0) is 0 Å². The van der Waals surface area contributed by atoms with Gasteiger partial charge in [0.25, 0.3) is 0 Å². The molecule has 1 N–H and O–H groups in total. The first-order valence-corrected chi connectivity index (χ1v) is 4.35. The number of terminal acetylenes is 1. The SMILES string of the molecule is C#CC(NC)c1sccc1C. The molecule has 0 saturated carbocycles. The summed E-state index contributed by atoms with van der Waals surface area (Å²) in [5.74, 6) is 2.69. The van der Waals surface area contributed by atoms with Crippen molar-refractivity contribution in [1.29, 1.82) is 0 Å². The van der Waals surface area contributed by atoms with Crippen molar-refractivity contribution in [3.63, 3.8) is 0 Å². The van der Waals surface area contributed by atoms with Crippen molar-refractivity contribution in [2.75, 3.05) is 7.05 Å². The Morgan fingerprint density at radius 1 is 1.73 bits per heavy atom. The van der Waals surface area contributed by atoms with Crippen LogP contribution in [0.2, 0.25) is 0 Å². The van der Waals surface area contributed by atoms with Gasteiger partial charge in [-0.2, -0.15) is 0 Å². The summed E-state index contributed by atoms with van der Waals surface area (Å²) in [5, 5.41) is 5.13. The number of hydrogen-bond donors (Lipinski definition) is 1. The van der Waals surface area contributed by atoms with Gasteiger partial charge in [0.2, 0.25) is 0 Å². The topological polar surface area (TPSA) is 12.0 Å². The van der Waals surface area contributed by atoms with Crippen LogP contribution < -0.4 is 5.32 Å². The second-order valence-corrected chi connectivity index (χ2v) is 3.30. The van der Waals surface area contributed by atoms with Gasteiger partial charge in [-0.25, -0.2) is 0 Å². The minimum absolute atomic E-state index is 0.0787. The van der Waals surface area contributed by atoms with Crippen LogP contribution in [0.3, 0.4) is 0 Å². The van der Waals surface area contributed by atoms with Crippen molar-refractivity contribution in [1.82, 2.24) is 5.32 Å². The van der Waals surface area contributed by atoms with Gasteiger partial charge in [0.05, 0.1) is 0 Å². The quantitative estimate of drug-likeness (QED) is 0.660. The first-order chi connectivity index (χ1) is 5.29. The molecule has 58 valence electrons. The van der Waals surface area contributed by atoms with Crippen LogP contribution in [0.1, 0.15) is 16.5 Å². The summed E-state index contributed by atoms with van der Waals surface area (Å²) in [7, 11) is 1.88. The van der Waals surface area contributed by atoms with Crippen molar-refractivity contribution in [3.8, 4) is 12.3 Å². The maximum absolute atomic E-state index is 5.34. The highest BCUT2D eigenvalue weighted by atomic mass is 32.1. The number of aryl methyl sites for hydroxylation is 1. The van der Waals surface area contributed by atoms with Gasteiger partial charge in [-0.3, -0.25) is 0 Å². The van der Waals surface area contributed by atoms with Gasteiger partial charge in [-0.15, -0.1) is 17.8 Å². The summed E-state index contributed by atoms with van der Waals surface area (Å²) in [6.45, 7) is 2.08. The standard InChI is InChI=1S/C9H11NS/c1-4-8(10-3)9-7(2)5-6-11-9/h1,5-6,8,10H,2-3H3. The Kier molecular flexibility index (Phi) is 2.70. The summed E-state index contributed by atoms with van der Waals surface area (Å²) in [5.41, 5.74) is 1.27. The molecule has 1 nitrogen and oxygen atoms in total. The maximum atomic E-state index is 5.34. The van der Waals surface area contributed by atoms with Gasteiger partial charge in [0.15, 0.2) is 0 Å². The fraction of sp³-hybridized carbons (Fsp3) is 0.333. The molecule has 1 aromatic rings. The highest BCUT2D eigenvalue weighted by molar-refractivity contribution is 7.10. The van der Waals surface area contributed by atoms with E-state index >= 15 is 0 Å². The van der Waals surface area contributed by atoms with Crippen molar-refractivity contribution in [2.24, 2.45) is 0 Å². The Labute approximate surface area is 71.4 Å². The largest absolute Gasteiger partial charge is 0.302 e. The van der Waals surface area contributed by atoms with E-state index in [2.05, 4.69) is 29.6 Å². The number of hydrogen-bond acceptors (Lipinski definition) is 2. The van der Waals surface area contributed by atoms with Crippen LogP contribution in [0.25, 0.3) is 0 Å². The van der Waals surface area contributed by atoms with E-state index in [0.717, 1.165) is 0 Å². The smallest absolute Gasteiger partial charge is 0.104 e. The molecule has 0 amide bonds. The third kappa shape index (κ3) is 1.62. The molecule has 0 aliphatic heterocycles. The van der Waals surface area contributed by atoms with Crippen LogP contribution >= 0.6 is 11.3 Å². The molecule has 1 heterocycles. The van der Waals surface area contributed by atoms with Crippen LogP contribution in [0.5, 0.6) is 0 Å². The number of thiophene rings is 1. The zero-order valence-electron chi connectivity index (χ0n) is 6.72. The lowest BCUT2D eigenvalue weighted by atomic mass is 10.2. The minimum atomic E-state index is 0.0787. The van der Waals surface area contributed by atoms with Gasteiger partial charge in [-0.1, -0.05) is 5.92 Å². The zero-order valence-corrected chi connectivity index (χ0v) is 7.53. The summed E-state index contributed by atoms with van der Waals surface area (Å²) < 4.78 is 0. The molecule has 1 aromatic heterocycles. The molecule has 11 heavy (non-hydrogen) atoms. The summed E-state index contributed by atoms with van der Waals surface area (Å²) >= 11 is 1.70. The van der Waals surface area contributed by atoms with E-state index in [9.17, 15) is 0 Å². The molecular weight excluding hydrogens is 154 g/mol. The lowest BCUT2D eigenvalue weighted by Gasteiger charge is -2.07. The molecule has 0 spiro atoms. The summed E-state index contributed by atoms with van der Waals surface area (Å²) in [6.07, 6.45) is 5.34. The third-order valence-electron chi connectivity index (χ3n) is 1.62. The van der Waals surface area contributed by atoms with Crippen LogP contribution in [0.15, 0.2) is 11.4 Å². The van der Waals surface area contributed by atoms with Crippen LogP contribution in [0, 0.1) is 19.3 Å². The highest BCUT2D eigenvalue weighted by Gasteiger charge is 2.08. The molecule has 0 fully saturated rings.